The molecular formula is C30H32F2N2O5. The van der Waals surface area contributed by atoms with Crippen LogP contribution in [0.4, 0.5) is 14.5 Å². The molecule has 0 unspecified atom stereocenters. The van der Waals surface area contributed by atoms with Crippen LogP contribution in [0.15, 0.2) is 60.7 Å². The van der Waals surface area contributed by atoms with Crippen molar-refractivity contribution < 1.29 is 32.6 Å². The summed E-state index contributed by atoms with van der Waals surface area (Å²) in [6.45, 7) is 1.37. The molecule has 7 nitrogen and oxygen atoms in total. The minimum Gasteiger partial charge on any atom is -0.482 e. The van der Waals surface area contributed by atoms with Crippen molar-refractivity contribution in [2.75, 3.05) is 18.1 Å². The van der Waals surface area contributed by atoms with Crippen LogP contribution in [-0.2, 0) is 20.9 Å². The van der Waals surface area contributed by atoms with Gasteiger partial charge in [-0.3, -0.25) is 9.59 Å². The molecule has 0 aromatic heterocycles. The summed E-state index contributed by atoms with van der Waals surface area (Å²) in [5.74, 6) is -0.472. The molecule has 206 valence electrons. The lowest BCUT2D eigenvalue weighted by Crippen LogP contribution is -2.64. The zero-order valence-corrected chi connectivity index (χ0v) is 22.0. The van der Waals surface area contributed by atoms with Crippen molar-refractivity contribution in [3.8, 4) is 11.5 Å². The number of anilines is 1. The molecule has 2 amide bonds. The Kier molecular flexibility index (Phi) is 7.70. The van der Waals surface area contributed by atoms with Gasteiger partial charge in [0.1, 0.15) is 23.1 Å². The SMILES string of the molecule is CC[C@@H](C)C(=O)N[C@@H]1C(=O)N(Cc2c(OC(F)F)ccc3ccccc23)c2ccccc2OC12CCOCC2. The molecular weight excluding hydrogens is 506 g/mol. The summed E-state index contributed by atoms with van der Waals surface area (Å²) >= 11 is 0. The lowest BCUT2D eigenvalue weighted by Gasteiger charge is -2.41. The quantitative estimate of drug-likeness (QED) is 0.433. The Morgan fingerprint density at radius 1 is 1.10 bits per heavy atom. The molecule has 1 saturated heterocycles. The number of para-hydroxylation sites is 2. The number of nitrogens with one attached hydrogen (secondary N) is 1. The second-order valence-electron chi connectivity index (χ2n) is 10.1. The van der Waals surface area contributed by atoms with Gasteiger partial charge in [0.25, 0.3) is 5.91 Å². The zero-order chi connectivity index (χ0) is 27.6. The minimum absolute atomic E-state index is 0.0138. The summed E-state index contributed by atoms with van der Waals surface area (Å²) in [6, 6.07) is 16.7. The highest BCUT2D eigenvalue weighted by molar-refractivity contribution is 6.03. The normalized spacial score (nSPS) is 19.4. The van der Waals surface area contributed by atoms with Crippen LogP contribution in [0.25, 0.3) is 10.8 Å². The van der Waals surface area contributed by atoms with Gasteiger partial charge in [0.05, 0.1) is 25.4 Å². The van der Waals surface area contributed by atoms with E-state index in [2.05, 4.69) is 5.32 Å². The highest BCUT2D eigenvalue weighted by Gasteiger charge is 2.51. The molecule has 0 aliphatic carbocycles. The molecule has 0 saturated carbocycles. The van der Waals surface area contributed by atoms with Crippen molar-refractivity contribution in [3.05, 3.63) is 66.2 Å². The predicted molar refractivity (Wildman–Crippen MR) is 143 cm³/mol. The first-order valence-electron chi connectivity index (χ1n) is 13.3. The number of nitrogens with zero attached hydrogens (tertiary/aromatic N) is 1. The fraction of sp³-hybridized carbons (Fsp3) is 0.400. The van der Waals surface area contributed by atoms with Gasteiger partial charge in [-0.1, -0.05) is 56.3 Å². The molecule has 2 aliphatic rings. The highest BCUT2D eigenvalue weighted by Crippen LogP contribution is 2.42. The highest BCUT2D eigenvalue weighted by atomic mass is 19.3. The summed E-state index contributed by atoms with van der Waals surface area (Å²) in [6.07, 6.45) is 1.42. The van der Waals surface area contributed by atoms with Crippen LogP contribution in [0, 0.1) is 5.92 Å². The van der Waals surface area contributed by atoms with Crippen molar-refractivity contribution in [2.24, 2.45) is 5.92 Å². The van der Waals surface area contributed by atoms with Gasteiger partial charge in [-0.15, -0.1) is 0 Å². The van der Waals surface area contributed by atoms with E-state index < -0.39 is 18.3 Å². The number of carbonyl (C=O) groups is 2. The molecule has 3 aromatic rings. The number of alkyl halides is 2. The Balaban J connectivity index is 1.64. The molecule has 2 aliphatic heterocycles. The van der Waals surface area contributed by atoms with Crippen LogP contribution in [0.2, 0.25) is 0 Å². The van der Waals surface area contributed by atoms with Gasteiger partial charge >= 0.3 is 6.61 Å². The third kappa shape index (κ3) is 5.28. The van der Waals surface area contributed by atoms with Gasteiger partial charge in [0.15, 0.2) is 0 Å². The minimum atomic E-state index is -3.03. The molecule has 3 aromatic carbocycles. The molecule has 1 fully saturated rings. The number of ether oxygens (including phenoxy) is 3. The maximum Gasteiger partial charge on any atom is 0.387 e. The lowest BCUT2D eigenvalue weighted by atomic mass is 9.84. The van der Waals surface area contributed by atoms with Crippen LogP contribution in [0.3, 0.4) is 0 Å². The average Bonchev–Trinajstić information content (AvgIpc) is 3.03. The molecule has 2 atom stereocenters. The number of rotatable bonds is 7. The maximum atomic E-state index is 14.5. The maximum absolute atomic E-state index is 14.5. The molecule has 1 spiro atoms. The number of fused-ring (bicyclic) bond motifs is 2. The van der Waals surface area contributed by atoms with Crippen LogP contribution >= 0.6 is 0 Å². The van der Waals surface area contributed by atoms with Gasteiger partial charge in [-0.25, -0.2) is 0 Å². The van der Waals surface area contributed by atoms with E-state index in [9.17, 15) is 18.4 Å². The number of hydrogen-bond acceptors (Lipinski definition) is 5. The Hall–Kier alpha value is -3.72. The van der Waals surface area contributed by atoms with Gasteiger partial charge in [0.2, 0.25) is 5.91 Å². The molecule has 39 heavy (non-hydrogen) atoms. The van der Waals surface area contributed by atoms with E-state index in [-0.39, 0.29) is 30.0 Å². The molecule has 1 N–H and O–H groups in total. The first kappa shape index (κ1) is 26.9. The number of carbonyl (C=O) groups excluding carboxylic acids is 2. The van der Waals surface area contributed by atoms with Gasteiger partial charge < -0.3 is 24.4 Å². The summed E-state index contributed by atoms with van der Waals surface area (Å²) in [7, 11) is 0. The smallest absolute Gasteiger partial charge is 0.387 e. The number of hydrogen-bond donors (Lipinski definition) is 1. The van der Waals surface area contributed by atoms with E-state index in [0.29, 0.717) is 54.9 Å². The third-order valence-corrected chi connectivity index (χ3v) is 7.72. The van der Waals surface area contributed by atoms with Gasteiger partial charge in [-0.05, 0) is 35.4 Å². The summed E-state index contributed by atoms with van der Waals surface area (Å²) in [4.78, 5) is 29.2. The van der Waals surface area contributed by atoms with Gasteiger partial charge in [-0.2, -0.15) is 8.78 Å². The van der Waals surface area contributed by atoms with Crippen LogP contribution in [-0.4, -0.2) is 43.3 Å². The second-order valence-corrected chi connectivity index (χ2v) is 10.1. The third-order valence-electron chi connectivity index (χ3n) is 7.72. The molecule has 0 bridgehead atoms. The topological polar surface area (TPSA) is 77.1 Å². The standard InChI is InChI=1S/C30H32F2N2O5/c1-3-19(2)27(35)33-26-28(36)34(23-10-6-7-11-25(23)39-30(26)14-16-37-17-15-30)18-22-21-9-5-4-8-20(21)12-13-24(22)38-29(31)32/h4-13,19,26,29H,3,14-18H2,1-2H3,(H,33,35)/t19-,26-/m1/s1. The monoisotopic (exact) mass is 538 g/mol. The van der Waals surface area contributed by atoms with Crippen LogP contribution in [0.5, 0.6) is 11.5 Å². The van der Waals surface area contributed by atoms with Gasteiger partial charge in [0, 0.05) is 24.3 Å². The zero-order valence-electron chi connectivity index (χ0n) is 22.0. The largest absolute Gasteiger partial charge is 0.482 e. The van der Waals surface area contributed by atoms with Crippen molar-refractivity contribution in [1.82, 2.24) is 5.32 Å². The van der Waals surface area contributed by atoms with E-state index in [1.54, 1.807) is 24.3 Å². The van der Waals surface area contributed by atoms with Crippen LogP contribution < -0.4 is 19.7 Å². The number of benzene rings is 3. The van der Waals surface area contributed by atoms with Crippen molar-refractivity contribution >= 4 is 28.3 Å². The fourth-order valence-corrected chi connectivity index (χ4v) is 5.32. The van der Waals surface area contributed by atoms with Crippen LogP contribution in [0.1, 0.15) is 38.7 Å². The lowest BCUT2D eigenvalue weighted by molar-refractivity contribution is -0.138. The summed E-state index contributed by atoms with van der Waals surface area (Å²) < 4.78 is 44.0. The van der Waals surface area contributed by atoms with E-state index in [1.165, 1.54) is 11.0 Å². The van der Waals surface area contributed by atoms with E-state index >= 15 is 0 Å². The van der Waals surface area contributed by atoms with E-state index in [4.69, 9.17) is 14.2 Å². The molecule has 5 rings (SSSR count). The summed E-state index contributed by atoms with van der Waals surface area (Å²) in [5, 5.41) is 4.50. The van der Waals surface area contributed by atoms with E-state index in [1.807, 2.05) is 44.2 Å². The Labute approximate surface area is 226 Å². The van der Waals surface area contributed by atoms with Crippen molar-refractivity contribution in [1.29, 1.82) is 0 Å². The number of amides is 2. The average molecular weight is 539 g/mol. The summed E-state index contributed by atoms with van der Waals surface area (Å²) in [5.41, 5.74) is -0.0965. The Morgan fingerprint density at radius 2 is 1.82 bits per heavy atom. The fourth-order valence-electron chi connectivity index (χ4n) is 5.32. The molecule has 2 heterocycles. The molecule has 9 heteroatoms. The van der Waals surface area contributed by atoms with E-state index in [0.717, 1.165) is 5.39 Å². The predicted octanol–water partition coefficient (Wildman–Crippen LogP) is 5.45. The van der Waals surface area contributed by atoms with Crippen molar-refractivity contribution in [2.45, 2.75) is 57.9 Å². The number of halogens is 2. The Bertz CT molecular complexity index is 1360. The molecule has 0 radical (unpaired) electrons. The van der Waals surface area contributed by atoms with Crippen molar-refractivity contribution in [3.63, 3.8) is 0 Å². The second kappa shape index (κ2) is 11.2. The Morgan fingerprint density at radius 3 is 2.56 bits per heavy atom. The first-order chi connectivity index (χ1) is 18.8. The first-order valence-corrected chi connectivity index (χ1v) is 13.3.